The molecule has 0 radical (unpaired) electrons. The quantitative estimate of drug-likeness (QED) is 0.0575. The maximum Gasteiger partial charge on any atom is 0.338 e. The van der Waals surface area contributed by atoms with Crippen LogP contribution >= 0.6 is 34.8 Å². The van der Waals surface area contributed by atoms with E-state index in [1.807, 2.05) is 42.5 Å². The number of hydrogen-bond donors (Lipinski definition) is 3. The fraction of sp³-hybridized carbons (Fsp3) is 0.176. The molecule has 4 aromatic carbocycles. The second-order valence-corrected chi connectivity index (χ2v) is 11.6. The Hall–Kier alpha value is -4.49. The Balaban J connectivity index is 1.18. The number of halogens is 1. The maximum atomic E-state index is 12.8. The first-order valence-corrected chi connectivity index (χ1v) is 15.7. The number of thiocarbonyl (C=S) groups is 1. The Morgan fingerprint density at radius 2 is 1.78 bits per heavy atom. The fourth-order valence-electron chi connectivity index (χ4n) is 4.90. The average molecular weight is 735 g/mol. The zero-order valence-corrected chi connectivity index (χ0v) is 27.6. The number of allylic oxidation sites excluding steroid dienone is 1. The molecule has 0 aromatic heterocycles. The number of ether oxygens (including phenoxy) is 3. The summed E-state index contributed by atoms with van der Waals surface area (Å²) in [5.74, 6) is 0.263. The Kier molecular flexibility index (Phi) is 10.6. The molecule has 0 unspecified atom stereocenters. The molecule has 5 rings (SSSR count). The van der Waals surface area contributed by atoms with Crippen molar-refractivity contribution >= 4 is 68.8 Å². The summed E-state index contributed by atoms with van der Waals surface area (Å²) in [6, 6.07) is 26.6. The lowest BCUT2D eigenvalue weighted by atomic mass is 9.95. The zero-order valence-electron chi connectivity index (χ0n) is 24.6. The number of fused-ring (bicyclic) bond motifs is 1. The van der Waals surface area contributed by atoms with Gasteiger partial charge >= 0.3 is 5.97 Å². The second kappa shape index (κ2) is 15.0. The minimum atomic E-state index is -0.614. The fourth-order valence-corrected chi connectivity index (χ4v) is 5.87. The van der Waals surface area contributed by atoms with Crippen LogP contribution in [0.5, 0.6) is 11.5 Å². The first-order valence-electron chi connectivity index (χ1n) is 14.2. The summed E-state index contributed by atoms with van der Waals surface area (Å²) in [4.78, 5) is 25.3. The van der Waals surface area contributed by atoms with Crippen LogP contribution in [0.3, 0.4) is 0 Å². The molecule has 0 saturated carbocycles. The number of hydrazone groups is 1. The molecular weight excluding hydrogens is 703 g/mol. The van der Waals surface area contributed by atoms with Gasteiger partial charge in [-0.05, 0) is 94.8 Å². The van der Waals surface area contributed by atoms with Gasteiger partial charge in [0.25, 0.3) is 5.91 Å². The normalized spacial score (nSPS) is 14.6. The number of hydrogen-bond acceptors (Lipinski definition) is 7. The minimum Gasteiger partial charge on any atom is -0.488 e. The SMILES string of the molecule is CCOC(=O)C1=C(C)NC(=S)N[C@@H]1c1ccccc1OCC(=O)NN=Cc1ccc(OCc2cccc3ccccc23)c(I)c1. The maximum absolute atomic E-state index is 12.8. The summed E-state index contributed by atoms with van der Waals surface area (Å²) in [5.41, 5.74) is 6.02. The summed E-state index contributed by atoms with van der Waals surface area (Å²) >= 11 is 7.55. The van der Waals surface area contributed by atoms with Crippen LogP contribution in [0.2, 0.25) is 0 Å². The molecule has 0 fully saturated rings. The Morgan fingerprint density at radius 3 is 2.60 bits per heavy atom. The van der Waals surface area contributed by atoms with Crippen molar-refractivity contribution in [3.05, 3.63) is 116 Å². The van der Waals surface area contributed by atoms with Crippen LogP contribution in [0.15, 0.2) is 101 Å². The van der Waals surface area contributed by atoms with Crippen molar-refractivity contribution in [3.8, 4) is 11.5 Å². The first kappa shape index (κ1) is 31.9. The number of nitrogens with one attached hydrogen (secondary N) is 3. The van der Waals surface area contributed by atoms with Gasteiger partial charge < -0.3 is 24.8 Å². The van der Waals surface area contributed by atoms with Crippen molar-refractivity contribution in [2.45, 2.75) is 26.5 Å². The van der Waals surface area contributed by atoms with Gasteiger partial charge in [0.2, 0.25) is 0 Å². The highest BCUT2D eigenvalue weighted by molar-refractivity contribution is 14.1. The van der Waals surface area contributed by atoms with E-state index in [4.69, 9.17) is 26.4 Å². The molecule has 0 spiro atoms. The van der Waals surface area contributed by atoms with E-state index in [-0.39, 0.29) is 13.2 Å². The van der Waals surface area contributed by atoms with E-state index in [9.17, 15) is 9.59 Å². The summed E-state index contributed by atoms with van der Waals surface area (Å²) in [7, 11) is 0. The monoisotopic (exact) mass is 734 g/mol. The molecule has 45 heavy (non-hydrogen) atoms. The molecule has 9 nitrogen and oxygen atoms in total. The number of nitrogens with zero attached hydrogens (tertiary/aromatic N) is 1. The molecule has 1 atom stereocenters. The highest BCUT2D eigenvalue weighted by Gasteiger charge is 2.32. The molecule has 3 N–H and O–H groups in total. The van der Waals surface area contributed by atoms with Crippen molar-refractivity contribution in [3.63, 3.8) is 0 Å². The molecule has 0 saturated heterocycles. The van der Waals surface area contributed by atoms with Crippen LogP contribution in [-0.2, 0) is 20.9 Å². The predicted molar refractivity (Wildman–Crippen MR) is 186 cm³/mol. The van der Waals surface area contributed by atoms with Gasteiger partial charge in [0.15, 0.2) is 11.7 Å². The van der Waals surface area contributed by atoms with Crippen molar-refractivity contribution < 1.29 is 23.8 Å². The van der Waals surface area contributed by atoms with Gasteiger partial charge in [-0.2, -0.15) is 5.10 Å². The van der Waals surface area contributed by atoms with Gasteiger partial charge in [-0.3, -0.25) is 4.79 Å². The highest BCUT2D eigenvalue weighted by atomic mass is 127. The van der Waals surface area contributed by atoms with Crippen LogP contribution in [0.4, 0.5) is 0 Å². The van der Waals surface area contributed by atoms with Crippen LogP contribution in [0.1, 0.15) is 36.6 Å². The van der Waals surface area contributed by atoms with Crippen molar-refractivity contribution in [2.24, 2.45) is 5.10 Å². The molecule has 230 valence electrons. The van der Waals surface area contributed by atoms with Crippen molar-refractivity contribution in [1.82, 2.24) is 16.1 Å². The number of benzene rings is 4. The Morgan fingerprint density at radius 1 is 1.00 bits per heavy atom. The van der Waals surface area contributed by atoms with Crippen molar-refractivity contribution in [2.75, 3.05) is 13.2 Å². The lowest BCUT2D eigenvalue weighted by Crippen LogP contribution is -2.45. The van der Waals surface area contributed by atoms with E-state index in [0.717, 1.165) is 20.4 Å². The van der Waals surface area contributed by atoms with Crippen molar-refractivity contribution in [1.29, 1.82) is 0 Å². The molecule has 1 aliphatic rings. The second-order valence-electron chi connectivity index (χ2n) is 10.0. The minimum absolute atomic E-state index is 0.231. The van der Waals surface area contributed by atoms with Gasteiger partial charge in [-0.1, -0.05) is 60.7 Å². The third-order valence-electron chi connectivity index (χ3n) is 6.98. The standard InChI is InChI=1S/C34H31IN4O5S/c1-3-42-33(41)31-21(2)37-34(45)38-32(31)26-13-6-7-14-28(26)44-20-30(40)39-36-18-22-15-16-29(27(35)17-22)43-19-24-11-8-10-23-9-4-5-12-25(23)24/h4-18,32H,3,19-20H2,1-2H3,(H,39,40)(H2,37,38,45)/t32-/m1/s1. The lowest BCUT2D eigenvalue weighted by molar-refractivity contribution is -0.139. The van der Waals surface area contributed by atoms with E-state index < -0.39 is 17.9 Å². The number of para-hydroxylation sites is 1. The predicted octanol–water partition coefficient (Wildman–Crippen LogP) is 5.91. The van der Waals surface area contributed by atoms with Crippen LogP contribution in [0.25, 0.3) is 10.8 Å². The van der Waals surface area contributed by atoms with E-state index in [2.05, 4.69) is 68.0 Å². The van der Waals surface area contributed by atoms with E-state index in [0.29, 0.717) is 34.3 Å². The summed E-state index contributed by atoms with van der Waals surface area (Å²) in [5, 5.41) is 12.9. The number of amides is 1. The third kappa shape index (κ3) is 7.97. The molecule has 1 heterocycles. The lowest BCUT2D eigenvalue weighted by Gasteiger charge is -2.30. The zero-order chi connectivity index (χ0) is 31.8. The number of rotatable bonds is 11. The molecule has 4 aromatic rings. The van der Waals surface area contributed by atoms with Crippen LogP contribution in [-0.4, -0.2) is 36.4 Å². The van der Waals surface area contributed by atoms with Gasteiger partial charge in [0.1, 0.15) is 18.1 Å². The molecule has 0 bridgehead atoms. The van der Waals surface area contributed by atoms with Gasteiger partial charge in [-0.25, -0.2) is 10.2 Å². The number of carbonyl (C=O) groups excluding carboxylic acids is 2. The number of esters is 1. The van der Waals surface area contributed by atoms with E-state index in [1.165, 1.54) is 10.8 Å². The molecule has 11 heteroatoms. The van der Waals surface area contributed by atoms with Gasteiger partial charge in [0.05, 0.1) is 28.0 Å². The smallest absolute Gasteiger partial charge is 0.338 e. The number of carbonyl (C=O) groups is 2. The Labute approximate surface area is 280 Å². The molecule has 0 aliphatic carbocycles. The Bertz CT molecular complexity index is 1800. The van der Waals surface area contributed by atoms with Crippen LogP contribution in [0, 0.1) is 3.57 Å². The average Bonchev–Trinajstić information content (AvgIpc) is 3.03. The summed E-state index contributed by atoms with van der Waals surface area (Å²) < 4.78 is 18.2. The summed E-state index contributed by atoms with van der Waals surface area (Å²) in [6.45, 7) is 3.89. The third-order valence-corrected chi connectivity index (χ3v) is 8.04. The highest BCUT2D eigenvalue weighted by Crippen LogP contribution is 2.33. The topological polar surface area (TPSA) is 110 Å². The van der Waals surface area contributed by atoms with Gasteiger partial charge in [0, 0.05) is 11.3 Å². The molecular formula is C34H31IN4O5S. The molecule has 1 aliphatic heterocycles. The summed E-state index contributed by atoms with van der Waals surface area (Å²) in [6.07, 6.45) is 1.56. The van der Waals surface area contributed by atoms with Gasteiger partial charge in [-0.15, -0.1) is 0 Å². The largest absolute Gasteiger partial charge is 0.488 e. The van der Waals surface area contributed by atoms with E-state index >= 15 is 0 Å². The van der Waals surface area contributed by atoms with E-state index in [1.54, 1.807) is 38.3 Å². The first-order chi connectivity index (χ1) is 21.8. The van der Waals surface area contributed by atoms with Crippen LogP contribution < -0.4 is 25.5 Å². The molecule has 1 amide bonds.